The number of unbranched alkanes of at least 4 members (excludes halogenated alkanes) is 6. The van der Waals surface area contributed by atoms with Gasteiger partial charge in [-0.15, -0.1) is 11.8 Å². The number of nitrogens with one attached hydrogen (secondary N) is 2. The number of hydrogen-bond acceptors (Lipinski definition) is 9. The molecule has 248 valence electrons. The predicted octanol–water partition coefficient (Wildman–Crippen LogP) is 5.53. The van der Waals surface area contributed by atoms with E-state index in [2.05, 4.69) is 17.6 Å². The second-order valence-electron chi connectivity index (χ2n) is 12.9. The normalized spacial score (nSPS) is 21.0. The lowest BCUT2D eigenvalue weighted by atomic mass is 9.95. The summed E-state index contributed by atoms with van der Waals surface area (Å²) in [6.45, 7) is 12.0. The number of thioether (sulfide) groups is 1. The van der Waals surface area contributed by atoms with Crippen molar-refractivity contribution in [2.24, 2.45) is 0 Å². The first-order chi connectivity index (χ1) is 21.1. The van der Waals surface area contributed by atoms with Crippen LogP contribution in [0.15, 0.2) is 36.6 Å². The molecule has 2 heterocycles. The Hall–Kier alpha value is -3.54. The van der Waals surface area contributed by atoms with Crippen LogP contribution in [0.4, 0.5) is 4.79 Å². The lowest BCUT2D eigenvalue weighted by Gasteiger charge is -2.44. The minimum absolute atomic E-state index is 0.452. The van der Waals surface area contributed by atoms with Gasteiger partial charge in [0.2, 0.25) is 11.8 Å². The fourth-order valence-electron chi connectivity index (χ4n) is 5.26. The smallest absolute Gasteiger partial charge is 0.408 e. The van der Waals surface area contributed by atoms with E-state index in [1.54, 1.807) is 65.1 Å². The number of esters is 2. The number of alkyl carbamates (subject to hydrolysis) is 1. The van der Waals surface area contributed by atoms with Crippen molar-refractivity contribution in [3.63, 3.8) is 0 Å². The van der Waals surface area contributed by atoms with Gasteiger partial charge in [0.05, 0.1) is 6.26 Å². The summed E-state index contributed by atoms with van der Waals surface area (Å²) in [5.74, 6) is -2.13. The van der Waals surface area contributed by atoms with Gasteiger partial charge in [0.15, 0.2) is 0 Å². The molecule has 3 rings (SSSR count). The van der Waals surface area contributed by atoms with Crippen molar-refractivity contribution in [2.75, 3.05) is 0 Å². The number of carbonyl (C=O) groups is 5. The van der Waals surface area contributed by atoms with Crippen LogP contribution in [0.2, 0.25) is 0 Å². The van der Waals surface area contributed by atoms with Gasteiger partial charge in [-0.2, -0.15) is 0 Å². The van der Waals surface area contributed by atoms with E-state index >= 15 is 0 Å². The molecule has 4 unspecified atom stereocenters. The van der Waals surface area contributed by atoms with Gasteiger partial charge in [-0.25, -0.2) is 9.59 Å². The topological polar surface area (TPSA) is 140 Å². The van der Waals surface area contributed by atoms with Crippen LogP contribution in [-0.4, -0.2) is 62.6 Å². The summed E-state index contributed by atoms with van der Waals surface area (Å²) in [7, 11) is 0. The lowest BCUT2D eigenvalue weighted by molar-refractivity contribution is -0.169. The number of rotatable bonds is 14. The molecule has 2 fully saturated rings. The Morgan fingerprint density at radius 2 is 1.69 bits per heavy atom. The number of fused-ring (bicyclic) bond motifs is 1. The maximum absolute atomic E-state index is 13.6. The Bertz CT molecular complexity index is 1260. The van der Waals surface area contributed by atoms with Crippen molar-refractivity contribution in [3.05, 3.63) is 42.2 Å². The molecule has 1 aromatic carbocycles. The van der Waals surface area contributed by atoms with E-state index < -0.39 is 63.7 Å². The van der Waals surface area contributed by atoms with Crippen LogP contribution >= 0.6 is 11.8 Å². The summed E-state index contributed by atoms with van der Waals surface area (Å²) in [6.07, 6.45) is 11.1. The molecule has 4 atom stereocenters. The number of β-lactam (4-membered cyclic amide) rings is 1. The third-order valence-corrected chi connectivity index (χ3v) is 8.94. The van der Waals surface area contributed by atoms with Crippen LogP contribution in [-0.2, 0) is 28.7 Å². The second-order valence-corrected chi connectivity index (χ2v) is 14.6. The van der Waals surface area contributed by atoms with Gasteiger partial charge >= 0.3 is 18.0 Å². The van der Waals surface area contributed by atoms with Crippen LogP contribution < -0.4 is 15.4 Å². The Balaban J connectivity index is 1.67. The summed E-state index contributed by atoms with van der Waals surface area (Å²) in [6, 6.07) is 3.59. The first-order valence-electron chi connectivity index (χ1n) is 15.6. The number of hydrogen-bond donors (Lipinski definition) is 2. The summed E-state index contributed by atoms with van der Waals surface area (Å²) >= 11 is 1.33. The molecule has 2 saturated heterocycles. The SMILES string of the molecule is CCCCCCCC/C=C/Oc1ccc(C(NC(=O)OC(C)(C)C)C(=O)NC2C(=O)N3C2SC(C)(C)C3C(=O)OC(C)=O)cc1. The molecule has 0 saturated carbocycles. The molecule has 45 heavy (non-hydrogen) atoms. The van der Waals surface area contributed by atoms with Crippen LogP contribution in [0, 0.1) is 0 Å². The van der Waals surface area contributed by atoms with Gasteiger partial charge in [-0.3, -0.25) is 14.4 Å². The first kappa shape index (κ1) is 35.9. The zero-order chi connectivity index (χ0) is 33.4. The van der Waals surface area contributed by atoms with Gasteiger partial charge in [0.25, 0.3) is 0 Å². The Morgan fingerprint density at radius 1 is 1.04 bits per heavy atom. The van der Waals surface area contributed by atoms with Crippen molar-refractivity contribution in [1.29, 1.82) is 0 Å². The summed E-state index contributed by atoms with van der Waals surface area (Å²) < 4.78 is 15.1. The van der Waals surface area contributed by atoms with E-state index in [0.717, 1.165) is 19.8 Å². The number of carbonyl (C=O) groups excluding carboxylic acids is 5. The average molecular weight is 646 g/mol. The maximum Gasteiger partial charge on any atom is 0.408 e. The molecule has 0 aliphatic carbocycles. The monoisotopic (exact) mass is 645 g/mol. The van der Waals surface area contributed by atoms with Gasteiger partial charge in [0.1, 0.15) is 34.8 Å². The van der Waals surface area contributed by atoms with Crippen molar-refractivity contribution >= 4 is 41.6 Å². The van der Waals surface area contributed by atoms with Gasteiger partial charge in [-0.05, 0) is 71.2 Å². The molecule has 2 aliphatic heterocycles. The number of nitrogens with zero attached hydrogens (tertiary/aromatic N) is 1. The Labute approximate surface area is 270 Å². The highest BCUT2D eigenvalue weighted by molar-refractivity contribution is 8.01. The quantitative estimate of drug-likeness (QED) is 0.0878. The summed E-state index contributed by atoms with van der Waals surface area (Å²) in [4.78, 5) is 64.9. The minimum Gasteiger partial charge on any atom is -0.465 e. The van der Waals surface area contributed by atoms with Crippen LogP contribution in [0.3, 0.4) is 0 Å². The fraction of sp³-hybridized carbons (Fsp3) is 0.606. The van der Waals surface area contributed by atoms with Crippen LogP contribution in [0.5, 0.6) is 5.75 Å². The zero-order valence-corrected chi connectivity index (χ0v) is 28.2. The van der Waals surface area contributed by atoms with Crippen molar-refractivity contribution < 1.29 is 38.2 Å². The highest BCUT2D eigenvalue weighted by atomic mass is 32.2. The molecule has 2 aliphatic rings. The highest BCUT2D eigenvalue weighted by Crippen LogP contribution is 2.51. The molecule has 3 amide bonds. The third-order valence-electron chi connectivity index (χ3n) is 7.37. The van der Waals surface area contributed by atoms with E-state index in [1.807, 2.05) is 6.08 Å². The number of benzene rings is 1. The summed E-state index contributed by atoms with van der Waals surface area (Å²) in [5.41, 5.74) is -0.349. The molecule has 12 heteroatoms. The van der Waals surface area contributed by atoms with E-state index in [1.165, 1.54) is 48.8 Å². The highest BCUT2D eigenvalue weighted by Gasteiger charge is 2.64. The maximum atomic E-state index is 13.6. The Morgan fingerprint density at radius 3 is 2.31 bits per heavy atom. The first-order valence-corrected chi connectivity index (χ1v) is 16.5. The van der Waals surface area contributed by atoms with E-state index in [-0.39, 0.29) is 0 Å². The van der Waals surface area contributed by atoms with E-state index in [9.17, 15) is 24.0 Å². The van der Waals surface area contributed by atoms with Gasteiger partial charge in [-0.1, -0.05) is 51.2 Å². The minimum atomic E-state index is -1.18. The summed E-state index contributed by atoms with van der Waals surface area (Å²) in [5, 5.41) is 4.81. The molecule has 11 nitrogen and oxygen atoms in total. The number of allylic oxidation sites excluding steroid dienone is 1. The van der Waals surface area contributed by atoms with E-state index in [4.69, 9.17) is 14.2 Å². The van der Waals surface area contributed by atoms with Gasteiger partial charge in [0, 0.05) is 11.7 Å². The third kappa shape index (κ3) is 9.97. The fourth-order valence-corrected chi connectivity index (χ4v) is 6.88. The second kappa shape index (κ2) is 15.6. The standard InChI is InChI=1S/C33H47N3O8S/c1-8-9-10-11-12-13-14-15-20-42-23-18-16-22(17-19-23)24(35-31(41)44-32(3,4)5)27(38)34-25-28(39)36-26(30(40)43-21(2)37)33(6,7)45-29(25)36/h15-20,24-26,29H,8-14H2,1-7H3,(H,34,38)(H,35,41)/b20-15+. The predicted molar refractivity (Wildman–Crippen MR) is 171 cm³/mol. The molecular formula is C33H47N3O8S. The van der Waals surface area contributed by atoms with Crippen molar-refractivity contribution in [1.82, 2.24) is 15.5 Å². The molecule has 0 aromatic heterocycles. The number of amides is 3. The van der Waals surface area contributed by atoms with Gasteiger partial charge < -0.3 is 29.7 Å². The van der Waals surface area contributed by atoms with Crippen LogP contribution in [0.1, 0.15) is 105 Å². The number of ether oxygens (including phenoxy) is 3. The Kier molecular flexibility index (Phi) is 12.5. The average Bonchev–Trinajstić information content (AvgIpc) is 3.20. The van der Waals surface area contributed by atoms with Crippen molar-refractivity contribution in [3.8, 4) is 5.75 Å². The zero-order valence-electron chi connectivity index (χ0n) is 27.3. The lowest BCUT2D eigenvalue weighted by Crippen LogP contribution is -2.71. The molecular weight excluding hydrogens is 598 g/mol. The molecule has 0 radical (unpaired) electrons. The molecule has 0 spiro atoms. The van der Waals surface area contributed by atoms with Crippen LogP contribution in [0.25, 0.3) is 0 Å². The largest absolute Gasteiger partial charge is 0.465 e. The molecule has 2 N–H and O–H groups in total. The molecule has 1 aromatic rings. The van der Waals surface area contributed by atoms with Crippen molar-refractivity contribution in [2.45, 2.75) is 127 Å². The molecule has 0 bridgehead atoms. The van der Waals surface area contributed by atoms with E-state index in [0.29, 0.717) is 11.3 Å².